The van der Waals surface area contributed by atoms with Crippen LogP contribution in [-0.4, -0.2) is 85.3 Å². The van der Waals surface area contributed by atoms with Crippen LogP contribution in [0.3, 0.4) is 0 Å². The molecule has 0 saturated carbocycles. The van der Waals surface area contributed by atoms with Gasteiger partial charge in [-0.2, -0.15) is 0 Å². The van der Waals surface area contributed by atoms with Crippen molar-refractivity contribution < 1.29 is 19.4 Å². The predicted molar refractivity (Wildman–Crippen MR) is 168 cm³/mol. The van der Waals surface area contributed by atoms with E-state index in [1.165, 1.54) is 4.88 Å². The van der Waals surface area contributed by atoms with Crippen LogP contribution in [0.2, 0.25) is 0 Å². The number of ketones is 1. The molecule has 2 aliphatic heterocycles. The van der Waals surface area contributed by atoms with Crippen molar-refractivity contribution in [2.45, 2.75) is 38.3 Å². The number of hydrogen-bond acceptors (Lipinski definition) is 8. The van der Waals surface area contributed by atoms with Gasteiger partial charge in [0, 0.05) is 49.8 Å². The molecule has 3 heterocycles. The zero-order chi connectivity index (χ0) is 29.1. The smallest absolute Gasteiger partial charge is 0.411 e. The van der Waals surface area contributed by atoms with Gasteiger partial charge in [-0.05, 0) is 68.5 Å². The van der Waals surface area contributed by atoms with Gasteiger partial charge in [-0.3, -0.25) is 15.0 Å². The number of aliphatic hydroxyl groups is 1. The summed E-state index contributed by atoms with van der Waals surface area (Å²) in [6.45, 7) is 6.84. The van der Waals surface area contributed by atoms with Gasteiger partial charge in [0.05, 0.1) is 17.1 Å². The number of Topliss-reactive ketones (excluding diaryl/α,β-unsaturated/α-hetero) is 1. The zero-order valence-electron chi connectivity index (χ0n) is 24.2. The maximum Gasteiger partial charge on any atom is 0.411 e. The van der Waals surface area contributed by atoms with Gasteiger partial charge in [-0.25, -0.2) is 4.79 Å². The molecule has 0 radical (unpaired) electrons. The first-order valence-corrected chi connectivity index (χ1v) is 15.9. The fourth-order valence-corrected chi connectivity index (χ4v) is 6.68. The number of para-hydroxylation sites is 1. The van der Waals surface area contributed by atoms with E-state index in [1.54, 1.807) is 11.3 Å². The van der Waals surface area contributed by atoms with Crippen molar-refractivity contribution in [1.82, 2.24) is 15.1 Å². The lowest BCUT2D eigenvalue weighted by molar-refractivity contribution is 0.0593. The van der Waals surface area contributed by atoms with Crippen LogP contribution in [0.4, 0.5) is 10.5 Å². The Morgan fingerprint density at radius 1 is 0.881 bits per heavy atom. The quantitative estimate of drug-likeness (QED) is 0.200. The molecule has 2 saturated heterocycles. The minimum absolute atomic E-state index is 0.103. The summed E-state index contributed by atoms with van der Waals surface area (Å²) in [5.74, 6) is 0.574. The fourth-order valence-electron chi connectivity index (χ4n) is 5.69. The Balaban J connectivity index is 0.965. The lowest BCUT2D eigenvalue weighted by Gasteiger charge is -2.31. The Bertz CT molecular complexity index is 1280. The van der Waals surface area contributed by atoms with Gasteiger partial charge in [0.15, 0.2) is 5.78 Å². The Hall–Kier alpha value is -3.08. The number of rotatable bonds is 12. The van der Waals surface area contributed by atoms with Crippen LogP contribution in [0.1, 0.15) is 40.2 Å². The summed E-state index contributed by atoms with van der Waals surface area (Å²) in [4.78, 5) is 32.2. The zero-order valence-corrected chi connectivity index (χ0v) is 25.0. The molecule has 0 aliphatic carbocycles. The highest BCUT2D eigenvalue weighted by Gasteiger charge is 2.23. The third kappa shape index (κ3) is 8.72. The van der Waals surface area contributed by atoms with E-state index in [9.17, 15) is 14.7 Å². The maximum atomic E-state index is 12.7. The first-order valence-electron chi connectivity index (χ1n) is 15.1. The molecule has 224 valence electrons. The van der Waals surface area contributed by atoms with Crippen molar-refractivity contribution in [3.05, 3.63) is 76.5 Å². The van der Waals surface area contributed by atoms with E-state index in [2.05, 4.69) is 26.5 Å². The number of carbonyl (C=O) groups is 2. The average Bonchev–Trinajstić information content (AvgIpc) is 3.50. The molecule has 0 bridgehead atoms. The van der Waals surface area contributed by atoms with Crippen LogP contribution in [0.25, 0.3) is 11.1 Å². The lowest BCUT2D eigenvalue weighted by Crippen LogP contribution is -2.41. The van der Waals surface area contributed by atoms with Gasteiger partial charge in [0.2, 0.25) is 0 Å². The first kappa shape index (κ1) is 30.4. The van der Waals surface area contributed by atoms with Crippen LogP contribution in [0.15, 0.2) is 66.7 Å². The molecule has 5 rings (SSSR count). The van der Waals surface area contributed by atoms with E-state index >= 15 is 0 Å². The van der Waals surface area contributed by atoms with Crippen LogP contribution >= 0.6 is 11.3 Å². The summed E-state index contributed by atoms with van der Waals surface area (Å²) in [5.41, 5.74) is 2.75. The largest absolute Gasteiger partial charge is 0.446 e. The SMILES string of the molecule is O=C(Nc1ccccc1-c1ccccc1)OC1CCN(CCNCC(=O)c2ccc(CN3CCC(CO)CC3)s2)CC1. The molecule has 3 aromatic rings. The van der Waals surface area contributed by atoms with Gasteiger partial charge >= 0.3 is 6.09 Å². The van der Waals surface area contributed by atoms with E-state index < -0.39 is 6.09 Å². The minimum Gasteiger partial charge on any atom is -0.446 e. The second kappa shape index (κ2) is 15.4. The molecule has 1 aromatic heterocycles. The Labute approximate surface area is 252 Å². The number of amides is 1. The Morgan fingerprint density at radius 3 is 2.36 bits per heavy atom. The summed E-state index contributed by atoms with van der Waals surface area (Å²) in [7, 11) is 0. The van der Waals surface area contributed by atoms with Crippen LogP contribution in [0.5, 0.6) is 0 Å². The van der Waals surface area contributed by atoms with Crippen molar-refractivity contribution in [3.63, 3.8) is 0 Å². The van der Waals surface area contributed by atoms with E-state index in [1.807, 2.05) is 60.7 Å². The maximum absolute atomic E-state index is 12.7. The van der Waals surface area contributed by atoms with Crippen LogP contribution in [-0.2, 0) is 11.3 Å². The van der Waals surface area contributed by atoms with E-state index in [-0.39, 0.29) is 18.5 Å². The summed E-state index contributed by atoms with van der Waals surface area (Å²) in [6.07, 6.45) is 3.16. The molecule has 8 nitrogen and oxygen atoms in total. The number of likely N-dealkylation sites (tertiary alicyclic amines) is 2. The minimum atomic E-state index is -0.417. The predicted octanol–water partition coefficient (Wildman–Crippen LogP) is 5.10. The van der Waals surface area contributed by atoms with Gasteiger partial charge in [-0.1, -0.05) is 48.5 Å². The van der Waals surface area contributed by atoms with E-state index in [0.717, 1.165) is 93.2 Å². The summed E-state index contributed by atoms with van der Waals surface area (Å²) in [6, 6.07) is 21.8. The molecule has 0 spiro atoms. The number of piperidine rings is 2. The van der Waals surface area contributed by atoms with Crippen molar-refractivity contribution in [2.75, 3.05) is 57.7 Å². The third-order valence-corrected chi connectivity index (χ3v) is 9.34. The van der Waals surface area contributed by atoms with E-state index in [4.69, 9.17) is 4.74 Å². The molecule has 9 heteroatoms. The molecule has 0 unspecified atom stereocenters. The molecule has 2 fully saturated rings. The number of hydrogen-bond donors (Lipinski definition) is 3. The number of benzene rings is 2. The third-order valence-electron chi connectivity index (χ3n) is 8.23. The summed E-state index contributed by atoms with van der Waals surface area (Å²) >= 11 is 1.59. The second-order valence-electron chi connectivity index (χ2n) is 11.3. The van der Waals surface area contributed by atoms with Crippen molar-refractivity contribution in [3.8, 4) is 11.1 Å². The monoisotopic (exact) mass is 590 g/mol. The van der Waals surface area contributed by atoms with Crippen molar-refractivity contribution in [2.24, 2.45) is 5.92 Å². The number of aliphatic hydroxyl groups excluding tert-OH is 1. The number of ether oxygens (including phenoxy) is 1. The Kier molecular flexibility index (Phi) is 11.1. The normalized spacial score (nSPS) is 17.3. The number of carbonyl (C=O) groups excluding carboxylic acids is 2. The molecule has 2 aromatic carbocycles. The summed E-state index contributed by atoms with van der Waals surface area (Å²) < 4.78 is 5.75. The van der Waals surface area contributed by atoms with Crippen LogP contribution in [0, 0.1) is 5.92 Å². The van der Waals surface area contributed by atoms with Crippen molar-refractivity contribution >= 4 is 28.9 Å². The number of anilines is 1. The highest BCUT2D eigenvalue weighted by atomic mass is 32.1. The highest BCUT2D eigenvalue weighted by Crippen LogP contribution is 2.28. The molecule has 2 aliphatic rings. The number of thiophene rings is 1. The number of nitrogens with one attached hydrogen (secondary N) is 2. The van der Waals surface area contributed by atoms with Crippen molar-refractivity contribution in [1.29, 1.82) is 0 Å². The summed E-state index contributed by atoms with van der Waals surface area (Å²) in [5, 5.41) is 15.6. The topological polar surface area (TPSA) is 94.1 Å². The standard InChI is InChI=1S/C33H42N4O4S/c38-24-25-12-17-37(18-13-25)23-28-10-11-32(42-28)31(39)22-34-16-21-36-19-14-27(15-20-36)41-33(40)35-30-9-5-4-8-29(30)26-6-2-1-3-7-26/h1-11,25,27,34,38H,12-24H2,(H,35,40). The molecular weight excluding hydrogens is 548 g/mol. The highest BCUT2D eigenvalue weighted by molar-refractivity contribution is 7.14. The lowest BCUT2D eigenvalue weighted by atomic mass is 9.98. The molecule has 3 N–H and O–H groups in total. The van der Waals surface area contributed by atoms with Gasteiger partial charge in [0.25, 0.3) is 0 Å². The van der Waals surface area contributed by atoms with Crippen LogP contribution < -0.4 is 10.6 Å². The van der Waals surface area contributed by atoms with Gasteiger partial charge in [-0.15, -0.1) is 11.3 Å². The molecule has 1 amide bonds. The average molecular weight is 591 g/mol. The fraction of sp³-hybridized carbons (Fsp3) is 0.455. The molecular formula is C33H42N4O4S. The Morgan fingerprint density at radius 2 is 1.60 bits per heavy atom. The molecule has 0 atom stereocenters. The van der Waals surface area contributed by atoms with Gasteiger partial charge < -0.3 is 20.1 Å². The number of nitrogens with zero attached hydrogens (tertiary/aromatic N) is 2. The van der Waals surface area contributed by atoms with Gasteiger partial charge in [0.1, 0.15) is 6.10 Å². The molecule has 42 heavy (non-hydrogen) atoms. The van der Waals surface area contributed by atoms with E-state index in [0.29, 0.717) is 12.5 Å². The second-order valence-corrected chi connectivity index (χ2v) is 12.4. The first-order chi connectivity index (χ1) is 20.6.